The predicted octanol–water partition coefficient (Wildman–Crippen LogP) is 3.55. The zero-order chi connectivity index (χ0) is 8.15. The third kappa shape index (κ3) is 4.37. The maximum atomic E-state index is 3.98. The van der Waals surface area contributed by atoms with Gasteiger partial charge in [-0.05, 0) is 26.2 Å². The quantitative estimate of drug-likeness (QED) is 0.523. The van der Waals surface area contributed by atoms with Crippen molar-refractivity contribution in [1.82, 2.24) is 0 Å². The van der Waals surface area contributed by atoms with Gasteiger partial charge in [0.25, 0.3) is 0 Å². The zero-order valence-electron chi connectivity index (χ0n) is 7.57. The molecule has 0 nitrogen and oxygen atoms in total. The Balaban J connectivity index is 3.71. The molecule has 0 aliphatic heterocycles. The highest BCUT2D eigenvalue weighted by molar-refractivity contribution is 5.07. The largest absolute Gasteiger partial charge is 0.0993 e. The standard InChI is InChI=1S/C10H18/c1-8(2)6-7-10(5)9(3)4/h6,9H,5,7H2,1-4H3. The highest BCUT2D eigenvalue weighted by Gasteiger charge is 1.96. The summed E-state index contributed by atoms with van der Waals surface area (Å²) in [5, 5.41) is 0. The van der Waals surface area contributed by atoms with E-state index in [1.807, 2.05) is 0 Å². The van der Waals surface area contributed by atoms with Gasteiger partial charge in [-0.15, -0.1) is 0 Å². The fraction of sp³-hybridized carbons (Fsp3) is 0.600. The van der Waals surface area contributed by atoms with Crippen LogP contribution in [0.4, 0.5) is 0 Å². The fourth-order valence-corrected chi connectivity index (χ4v) is 0.571. The highest BCUT2D eigenvalue weighted by atomic mass is 14.0. The SMILES string of the molecule is C=C(CC=C(C)C)C(C)C. The molecule has 0 fully saturated rings. The second-order valence-corrected chi connectivity index (χ2v) is 3.30. The Labute approximate surface area is 64.6 Å². The van der Waals surface area contributed by atoms with Crippen molar-refractivity contribution in [1.29, 1.82) is 0 Å². The molecule has 0 aromatic carbocycles. The summed E-state index contributed by atoms with van der Waals surface area (Å²) < 4.78 is 0. The monoisotopic (exact) mass is 138 g/mol. The third-order valence-corrected chi connectivity index (χ3v) is 1.59. The lowest BCUT2D eigenvalue weighted by atomic mass is 10.0. The molecule has 0 aliphatic carbocycles. The van der Waals surface area contributed by atoms with E-state index in [0.29, 0.717) is 5.92 Å². The summed E-state index contributed by atoms with van der Waals surface area (Å²) in [6.45, 7) is 12.6. The molecule has 0 heteroatoms. The number of hydrogen-bond donors (Lipinski definition) is 0. The lowest BCUT2D eigenvalue weighted by Crippen LogP contribution is -1.89. The van der Waals surface area contributed by atoms with Crippen molar-refractivity contribution >= 4 is 0 Å². The topological polar surface area (TPSA) is 0 Å². The Kier molecular flexibility index (Phi) is 4.10. The van der Waals surface area contributed by atoms with E-state index in [2.05, 4.69) is 40.3 Å². The van der Waals surface area contributed by atoms with Crippen LogP contribution in [0, 0.1) is 5.92 Å². The first-order valence-electron chi connectivity index (χ1n) is 3.85. The Morgan fingerprint density at radius 1 is 1.40 bits per heavy atom. The van der Waals surface area contributed by atoms with Gasteiger partial charge in [-0.3, -0.25) is 0 Å². The normalized spacial score (nSPS) is 9.70. The number of allylic oxidation sites excluding steroid dienone is 3. The van der Waals surface area contributed by atoms with Crippen LogP contribution in [0.1, 0.15) is 34.1 Å². The van der Waals surface area contributed by atoms with Crippen LogP contribution < -0.4 is 0 Å². The second-order valence-electron chi connectivity index (χ2n) is 3.30. The van der Waals surface area contributed by atoms with Crippen LogP contribution in [0.5, 0.6) is 0 Å². The van der Waals surface area contributed by atoms with Crippen molar-refractivity contribution in [3.8, 4) is 0 Å². The van der Waals surface area contributed by atoms with Crippen molar-refractivity contribution in [3.63, 3.8) is 0 Å². The molecule has 0 heterocycles. The summed E-state index contributed by atoms with van der Waals surface area (Å²) >= 11 is 0. The predicted molar refractivity (Wildman–Crippen MR) is 48.0 cm³/mol. The molecule has 0 radical (unpaired) electrons. The van der Waals surface area contributed by atoms with E-state index in [1.165, 1.54) is 11.1 Å². The van der Waals surface area contributed by atoms with Crippen LogP contribution in [-0.4, -0.2) is 0 Å². The molecule has 10 heavy (non-hydrogen) atoms. The summed E-state index contributed by atoms with van der Waals surface area (Å²) in [4.78, 5) is 0. The van der Waals surface area contributed by atoms with Gasteiger partial charge in [-0.2, -0.15) is 0 Å². The molecule has 0 atom stereocenters. The first kappa shape index (κ1) is 9.48. The van der Waals surface area contributed by atoms with Gasteiger partial charge in [-0.1, -0.05) is 37.6 Å². The summed E-state index contributed by atoms with van der Waals surface area (Å²) in [5.74, 6) is 0.621. The highest BCUT2D eigenvalue weighted by Crippen LogP contribution is 2.12. The lowest BCUT2D eigenvalue weighted by Gasteiger charge is -2.05. The number of rotatable bonds is 3. The molecular weight excluding hydrogens is 120 g/mol. The molecule has 0 rings (SSSR count). The zero-order valence-corrected chi connectivity index (χ0v) is 7.57. The van der Waals surface area contributed by atoms with Crippen LogP contribution in [0.15, 0.2) is 23.8 Å². The van der Waals surface area contributed by atoms with E-state index in [-0.39, 0.29) is 0 Å². The summed E-state index contributed by atoms with van der Waals surface area (Å²) in [5.41, 5.74) is 2.70. The third-order valence-electron chi connectivity index (χ3n) is 1.59. The van der Waals surface area contributed by atoms with E-state index in [1.54, 1.807) is 0 Å². The lowest BCUT2D eigenvalue weighted by molar-refractivity contribution is 0.750. The van der Waals surface area contributed by atoms with Crippen LogP contribution in [0.3, 0.4) is 0 Å². The molecule has 0 aromatic rings. The Bertz CT molecular complexity index is 134. The van der Waals surface area contributed by atoms with Gasteiger partial charge in [0, 0.05) is 0 Å². The maximum Gasteiger partial charge on any atom is -0.0136 e. The van der Waals surface area contributed by atoms with E-state index >= 15 is 0 Å². The first-order valence-corrected chi connectivity index (χ1v) is 3.85. The molecule has 0 amide bonds. The van der Waals surface area contributed by atoms with E-state index in [9.17, 15) is 0 Å². The molecule has 0 N–H and O–H groups in total. The van der Waals surface area contributed by atoms with E-state index < -0.39 is 0 Å². The molecule has 0 aliphatic rings. The summed E-state index contributed by atoms with van der Waals surface area (Å²) in [7, 11) is 0. The van der Waals surface area contributed by atoms with Gasteiger partial charge in [0.1, 0.15) is 0 Å². The van der Waals surface area contributed by atoms with Gasteiger partial charge in [-0.25, -0.2) is 0 Å². The minimum atomic E-state index is 0.621. The summed E-state index contributed by atoms with van der Waals surface area (Å²) in [6.07, 6.45) is 3.27. The average molecular weight is 138 g/mol. The van der Waals surface area contributed by atoms with E-state index in [0.717, 1.165) is 6.42 Å². The van der Waals surface area contributed by atoms with Gasteiger partial charge in [0.2, 0.25) is 0 Å². The van der Waals surface area contributed by atoms with Crippen molar-refractivity contribution < 1.29 is 0 Å². The molecule has 0 unspecified atom stereocenters. The fourth-order valence-electron chi connectivity index (χ4n) is 0.571. The van der Waals surface area contributed by atoms with E-state index in [4.69, 9.17) is 0 Å². The van der Waals surface area contributed by atoms with Crippen molar-refractivity contribution in [2.75, 3.05) is 0 Å². The number of hydrogen-bond acceptors (Lipinski definition) is 0. The molecule has 0 bridgehead atoms. The van der Waals surface area contributed by atoms with Crippen molar-refractivity contribution in [3.05, 3.63) is 23.8 Å². The average Bonchev–Trinajstić information content (AvgIpc) is 1.82. The van der Waals surface area contributed by atoms with Crippen molar-refractivity contribution in [2.24, 2.45) is 5.92 Å². The van der Waals surface area contributed by atoms with Gasteiger partial charge in [0.05, 0.1) is 0 Å². The molecule has 0 spiro atoms. The molecule has 58 valence electrons. The smallest absolute Gasteiger partial charge is 0.0136 e. The molecule has 0 saturated carbocycles. The maximum absolute atomic E-state index is 3.98. The minimum absolute atomic E-state index is 0.621. The van der Waals surface area contributed by atoms with Gasteiger partial charge >= 0.3 is 0 Å². The van der Waals surface area contributed by atoms with Gasteiger partial charge in [0.15, 0.2) is 0 Å². The van der Waals surface area contributed by atoms with Crippen LogP contribution in [0.2, 0.25) is 0 Å². The molecule has 0 saturated heterocycles. The minimum Gasteiger partial charge on any atom is -0.0993 e. The Hall–Kier alpha value is -0.520. The summed E-state index contributed by atoms with van der Waals surface area (Å²) in [6, 6.07) is 0. The first-order chi connectivity index (χ1) is 4.54. The van der Waals surface area contributed by atoms with Crippen LogP contribution in [0.25, 0.3) is 0 Å². The van der Waals surface area contributed by atoms with Crippen molar-refractivity contribution in [2.45, 2.75) is 34.1 Å². The van der Waals surface area contributed by atoms with Crippen LogP contribution >= 0.6 is 0 Å². The molecular formula is C10H18. The Morgan fingerprint density at radius 3 is 2.20 bits per heavy atom. The van der Waals surface area contributed by atoms with Crippen LogP contribution in [-0.2, 0) is 0 Å². The Morgan fingerprint density at radius 2 is 1.90 bits per heavy atom. The molecule has 0 aromatic heterocycles. The van der Waals surface area contributed by atoms with Gasteiger partial charge < -0.3 is 0 Å². The second kappa shape index (κ2) is 4.32.